The van der Waals surface area contributed by atoms with E-state index in [0.29, 0.717) is 5.94 Å². The van der Waals surface area contributed by atoms with Crippen molar-refractivity contribution in [3.63, 3.8) is 0 Å². The zero-order valence-electron chi connectivity index (χ0n) is 11.2. The van der Waals surface area contributed by atoms with Gasteiger partial charge >= 0.3 is 0 Å². The number of imidazole rings is 1. The van der Waals surface area contributed by atoms with Crippen LogP contribution in [0.2, 0.25) is 0 Å². The van der Waals surface area contributed by atoms with Crippen LogP contribution in [0, 0.1) is 0 Å². The number of methoxy groups -OCH3 is 1. The minimum absolute atomic E-state index is 0.102. The summed E-state index contributed by atoms with van der Waals surface area (Å²) in [6.45, 7) is 0. The van der Waals surface area contributed by atoms with E-state index < -0.39 is 0 Å². The molecule has 102 valence electrons. The number of allylic oxidation sites excluding steroid dienone is 4. The predicted molar refractivity (Wildman–Crippen MR) is 81.5 cm³/mol. The summed E-state index contributed by atoms with van der Waals surface area (Å²) in [4.78, 5) is 6.87. The summed E-state index contributed by atoms with van der Waals surface area (Å²) in [5.41, 5.74) is 1.17. The molecule has 1 unspecified atom stereocenters. The Kier molecular flexibility index (Phi) is 2.65. The third-order valence-corrected chi connectivity index (χ3v) is 4.84. The Bertz CT molecular complexity index is 671. The number of thioether (sulfide) groups is 1. The summed E-state index contributed by atoms with van der Waals surface area (Å²) < 4.78 is 7.42. The lowest BCUT2D eigenvalue weighted by atomic mass is 9.85. The zero-order chi connectivity index (χ0) is 13.6. The van der Waals surface area contributed by atoms with Gasteiger partial charge in [0, 0.05) is 13.3 Å². The van der Waals surface area contributed by atoms with E-state index in [9.17, 15) is 0 Å². The van der Waals surface area contributed by atoms with Crippen molar-refractivity contribution in [2.24, 2.45) is 0 Å². The highest BCUT2D eigenvalue weighted by atomic mass is 32.2. The van der Waals surface area contributed by atoms with Gasteiger partial charge in [0.1, 0.15) is 10.6 Å². The van der Waals surface area contributed by atoms with E-state index in [4.69, 9.17) is 4.74 Å². The highest BCUT2D eigenvalue weighted by molar-refractivity contribution is 7.99. The molecule has 1 spiro atoms. The Balaban J connectivity index is 1.87. The zero-order valence-corrected chi connectivity index (χ0v) is 12.0. The number of rotatable bonds is 3. The summed E-state index contributed by atoms with van der Waals surface area (Å²) in [6, 6.07) is 0. The van der Waals surface area contributed by atoms with Gasteiger partial charge in [-0.1, -0.05) is 36.1 Å². The topological polar surface area (TPSA) is 30.3 Å². The van der Waals surface area contributed by atoms with Gasteiger partial charge in [-0.2, -0.15) is 0 Å². The molecular formula is C15H15N3OS. The molecule has 0 fully saturated rings. The molecule has 20 heavy (non-hydrogen) atoms. The first-order valence-electron chi connectivity index (χ1n) is 6.59. The van der Waals surface area contributed by atoms with Gasteiger partial charge in [-0.3, -0.25) is 4.57 Å². The quantitative estimate of drug-likeness (QED) is 0.631. The smallest absolute Gasteiger partial charge is 0.216 e. The summed E-state index contributed by atoms with van der Waals surface area (Å²) in [5, 5.41) is 1.12. The van der Waals surface area contributed by atoms with Crippen LogP contribution in [0.5, 0.6) is 0 Å². The summed E-state index contributed by atoms with van der Waals surface area (Å²) >= 11 is 1.67. The molecule has 1 aromatic rings. The van der Waals surface area contributed by atoms with Crippen molar-refractivity contribution >= 4 is 23.4 Å². The van der Waals surface area contributed by atoms with E-state index in [2.05, 4.69) is 57.1 Å². The molecule has 0 saturated carbocycles. The maximum Gasteiger partial charge on any atom is 0.216 e. The van der Waals surface area contributed by atoms with E-state index in [1.807, 2.05) is 6.20 Å². The number of aromatic nitrogens is 2. The number of ether oxygens (including phenoxy) is 1. The van der Waals surface area contributed by atoms with Crippen LogP contribution >= 0.6 is 11.8 Å². The van der Waals surface area contributed by atoms with Crippen LogP contribution in [0.3, 0.4) is 0 Å². The van der Waals surface area contributed by atoms with Gasteiger partial charge in [0.15, 0.2) is 0 Å². The monoisotopic (exact) mass is 285 g/mol. The van der Waals surface area contributed by atoms with Crippen molar-refractivity contribution in [3.8, 4) is 0 Å². The van der Waals surface area contributed by atoms with Crippen molar-refractivity contribution in [2.75, 3.05) is 17.9 Å². The maximum absolute atomic E-state index is 5.17. The minimum Gasteiger partial charge on any atom is -0.374 e. The molecule has 0 saturated heterocycles. The molecule has 3 heterocycles. The highest BCUT2D eigenvalue weighted by Gasteiger charge is 2.48. The molecule has 0 amide bonds. The fourth-order valence-corrected chi connectivity index (χ4v) is 3.73. The molecular weight excluding hydrogens is 270 g/mol. The molecule has 3 aliphatic rings. The fraction of sp³-hybridized carbons (Fsp3) is 0.267. The van der Waals surface area contributed by atoms with E-state index >= 15 is 0 Å². The van der Waals surface area contributed by atoms with Gasteiger partial charge in [0.25, 0.3) is 0 Å². The third kappa shape index (κ3) is 1.45. The summed E-state index contributed by atoms with van der Waals surface area (Å²) in [5.74, 6) is 1.62. The average molecular weight is 285 g/mol. The second-order valence-corrected chi connectivity index (χ2v) is 5.90. The third-order valence-electron chi connectivity index (χ3n) is 3.90. The van der Waals surface area contributed by atoms with Crippen LogP contribution in [-0.4, -0.2) is 28.1 Å². The Morgan fingerprint density at radius 2 is 2.35 bits per heavy atom. The fourth-order valence-electron chi connectivity index (χ4n) is 3.05. The molecule has 5 heteroatoms. The normalized spacial score (nSPS) is 25.4. The standard InChI is InChI=1S/C15H15N3OS/c1-19-11-20-13-10-16-14-17-9-5-4-8-15(17)7-3-2-6-12(15)18(13)14/h2-6,8-10H,7,11H2,1H3. The molecule has 0 radical (unpaired) electrons. The Morgan fingerprint density at radius 3 is 3.25 bits per heavy atom. The van der Waals surface area contributed by atoms with Crippen LogP contribution in [0.1, 0.15) is 6.42 Å². The lowest BCUT2D eigenvalue weighted by Gasteiger charge is -2.37. The van der Waals surface area contributed by atoms with E-state index in [0.717, 1.165) is 17.4 Å². The average Bonchev–Trinajstić information content (AvgIpc) is 3.01. The van der Waals surface area contributed by atoms with Crippen LogP contribution in [0.15, 0.2) is 53.9 Å². The molecule has 1 atom stereocenters. The number of hydrogen-bond donors (Lipinski definition) is 0. The van der Waals surface area contributed by atoms with Gasteiger partial charge in [-0.05, 0) is 18.6 Å². The first kappa shape index (κ1) is 12.1. The van der Waals surface area contributed by atoms with Crippen LogP contribution in [-0.2, 0) is 4.74 Å². The van der Waals surface area contributed by atoms with Gasteiger partial charge in [-0.15, -0.1) is 0 Å². The Hall–Kier alpha value is -1.72. The van der Waals surface area contributed by atoms with Crippen molar-refractivity contribution in [2.45, 2.75) is 17.0 Å². The Labute approximate surface area is 122 Å². The Morgan fingerprint density at radius 1 is 1.40 bits per heavy atom. The largest absolute Gasteiger partial charge is 0.374 e. The molecule has 0 bridgehead atoms. The SMILES string of the molecule is COCSc1cnc2n1C1=CC=CCC13C=CC=CN23. The van der Waals surface area contributed by atoms with Gasteiger partial charge in [0.2, 0.25) is 5.95 Å². The summed E-state index contributed by atoms with van der Waals surface area (Å²) in [7, 11) is 1.72. The molecule has 4 rings (SSSR count). The minimum atomic E-state index is -0.102. The lowest BCUT2D eigenvalue weighted by Crippen LogP contribution is -2.43. The molecule has 2 aliphatic heterocycles. The van der Waals surface area contributed by atoms with Gasteiger partial charge < -0.3 is 9.64 Å². The van der Waals surface area contributed by atoms with Crippen molar-refractivity contribution in [1.82, 2.24) is 9.55 Å². The number of nitrogens with zero attached hydrogens (tertiary/aromatic N) is 3. The van der Waals surface area contributed by atoms with E-state index in [1.54, 1.807) is 18.9 Å². The highest BCUT2D eigenvalue weighted by Crippen LogP contribution is 2.49. The molecule has 4 nitrogen and oxygen atoms in total. The van der Waals surface area contributed by atoms with Crippen molar-refractivity contribution in [3.05, 3.63) is 48.9 Å². The van der Waals surface area contributed by atoms with E-state index in [-0.39, 0.29) is 5.54 Å². The number of hydrogen-bond acceptors (Lipinski definition) is 4. The number of fused-ring (bicyclic) bond motifs is 3. The summed E-state index contributed by atoms with van der Waals surface area (Å²) in [6.07, 6.45) is 18.0. The second kappa shape index (κ2) is 4.40. The molecule has 0 aromatic carbocycles. The first-order chi connectivity index (χ1) is 9.87. The van der Waals surface area contributed by atoms with Gasteiger partial charge in [0.05, 0.1) is 17.8 Å². The van der Waals surface area contributed by atoms with E-state index in [1.165, 1.54) is 5.70 Å². The van der Waals surface area contributed by atoms with Crippen LogP contribution in [0.4, 0.5) is 5.95 Å². The second-order valence-electron chi connectivity index (χ2n) is 4.96. The maximum atomic E-state index is 5.17. The van der Waals surface area contributed by atoms with Gasteiger partial charge in [-0.25, -0.2) is 4.98 Å². The number of anilines is 1. The van der Waals surface area contributed by atoms with Crippen LogP contribution in [0.25, 0.3) is 5.70 Å². The molecule has 1 aliphatic carbocycles. The first-order valence-corrected chi connectivity index (χ1v) is 7.58. The lowest BCUT2D eigenvalue weighted by molar-refractivity contribution is 0.258. The van der Waals surface area contributed by atoms with Crippen LogP contribution < -0.4 is 4.90 Å². The van der Waals surface area contributed by atoms with Crippen molar-refractivity contribution < 1.29 is 4.74 Å². The van der Waals surface area contributed by atoms with Crippen molar-refractivity contribution in [1.29, 1.82) is 0 Å². The molecule has 1 aromatic heterocycles. The predicted octanol–water partition coefficient (Wildman–Crippen LogP) is 3.02. The molecule has 0 N–H and O–H groups in total.